The second-order valence-corrected chi connectivity index (χ2v) is 9.06. The highest BCUT2D eigenvalue weighted by molar-refractivity contribution is 7.92. The van der Waals surface area contributed by atoms with Crippen molar-refractivity contribution in [3.05, 3.63) is 59.4 Å². The van der Waals surface area contributed by atoms with Crippen LogP contribution in [0.1, 0.15) is 43.7 Å². The predicted molar refractivity (Wildman–Crippen MR) is 112 cm³/mol. The highest BCUT2D eigenvalue weighted by Crippen LogP contribution is 2.27. The van der Waals surface area contributed by atoms with E-state index in [0.29, 0.717) is 12.1 Å². The molecule has 0 radical (unpaired) electrons. The second kappa shape index (κ2) is 9.19. The molecule has 2 rings (SSSR count). The fraction of sp³-hybridized carbons (Fsp3) is 0.381. The number of halogens is 1. The lowest BCUT2D eigenvalue weighted by molar-refractivity contribution is -0.116. The Morgan fingerprint density at radius 1 is 1.14 bits per heavy atom. The molecule has 2 aromatic rings. The average molecular weight is 407 g/mol. The van der Waals surface area contributed by atoms with E-state index in [9.17, 15) is 17.6 Å². The Morgan fingerprint density at radius 3 is 2.36 bits per heavy atom. The Bertz CT molecular complexity index is 925. The molecule has 0 bridgehead atoms. The first kappa shape index (κ1) is 21.9. The van der Waals surface area contributed by atoms with Crippen molar-refractivity contribution in [2.24, 2.45) is 0 Å². The lowest BCUT2D eigenvalue weighted by Crippen LogP contribution is -2.31. The molecule has 5 nitrogen and oxygen atoms in total. The molecule has 1 N–H and O–H groups in total. The Kier molecular flexibility index (Phi) is 7.18. The molecule has 0 aromatic heterocycles. The number of sulfonamides is 1. The van der Waals surface area contributed by atoms with Gasteiger partial charge in [-0.05, 0) is 54.7 Å². The van der Waals surface area contributed by atoms with Gasteiger partial charge in [-0.15, -0.1) is 0 Å². The van der Waals surface area contributed by atoms with Crippen molar-refractivity contribution in [2.45, 2.75) is 39.5 Å². The summed E-state index contributed by atoms with van der Waals surface area (Å²) in [6.07, 6.45) is 1.62. The van der Waals surface area contributed by atoms with Crippen LogP contribution in [0.3, 0.4) is 0 Å². The van der Waals surface area contributed by atoms with E-state index in [1.54, 1.807) is 0 Å². The Labute approximate surface area is 166 Å². The normalized spacial score (nSPS) is 11.5. The van der Waals surface area contributed by atoms with E-state index >= 15 is 0 Å². The average Bonchev–Trinajstić information content (AvgIpc) is 2.60. The Morgan fingerprint density at radius 2 is 1.79 bits per heavy atom. The van der Waals surface area contributed by atoms with Gasteiger partial charge in [0.25, 0.3) is 0 Å². The maximum Gasteiger partial charge on any atom is 0.232 e. The van der Waals surface area contributed by atoms with Crippen molar-refractivity contribution in [3.8, 4) is 0 Å². The molecule has 0 saturated carbocycles. The number of benzene rings is 2. The molecular formula is C21H27FN2O3S. The number of anilines is 2. The van der Waals surface area contributed by atoms with Gasteiger partial charge in [0.05, 0.1) is 11.9 Å². The summed E-state index contributed by atoms with van der Waals surface area (Å²) in [5, 5.41) is 2.96. The zero-order valence-corrected chi connectivity index (χ0v) is 17.5. The number of nitrogens with one attached hydrogen (secondary N) is 1. The molecule has 0 unspecified atom stereocenters. The molecule has 0 aliphatic heterocycles. The summed E-state index contributed by atoms with van der Waals surface area (Å²) in [5.41, 5.74) is 3.26. The first-order valence-corrected chi connectivity index (χ1v) is 11.1. The molecule has 0 spiro atoms. The number of nitrogens with zero attached hydrogens (tertiary/aromatic N) is 1. The highest BCUT2D eigenvalue weighted by atomic mass is 32.2. The van der Waals surface area contributed by atoms with Crippen molar-refractivity contribution >= 4 is 27.3 Å². The third kappa shape index (κ3) is 5.79. The molecule has 0 fully saturated rings. The van der Waals surface area contributed by atoms with Gasteiger partial charge in [0.1, 0.15) is 5.82 Å². The van der Waals surface area contributed by atoms with E-state index in [0.717, 1.165) is 23.1 Å². The van der Waals surface area contributed by atoms with Crippen LogP contribution in [0.4, 0.5) is 15.8 Å². The SMILES string of the molecule is Cc1cccc(C(C)C)c1NC(=O)CCCN(c1ccc(F)cc1)S(C)(=O)=O. The molecule has 0 aliphatic rings. The van der Waals surface area contributed by atoms with Gasteiger partial charge >= 0.3 is 0 Å². The molecule has 7 heteroatoms. The van der Waals surface area contributed by atoms with Crippen LogP contribution in [0.5, 0.6) is 0 Å². The van der Waals surface area contributed by atoms with Gasteiger partial charge in [-0.25, -0.2) is 12.8 Å². The summed E-state index contributed by atoms with van der Waals surface area (Å²) in [7, 11) is -3.53. The standard InChI is InChI=1S/C21H27FN2O3S/c1-15(2)19-8-5-7-16(3)21(19)23-20(25)9-6-14-24(28(4,26)27)18-12-10-17(22)11-13-18/h5,7-8,10-13,15H,6,9,14H2,1-4H3,(H,23,25). The quantitative estimate of drug-likeness (QED) is 0.705. The fourth-order valence-electron chi connectivity index (χ4n) is 3.02. The van der Waals surface area contributed by atoms with Crippen LogP contribution >= 0.6 is 0 Å². The monoisotopic (exact) mass is 406 g/mol. The van der Waals surface area contributed by atoms with Crippen LogP contribution in [0.25, 0.3) is 0 Å². The summed E-state index contributed by atoms with van der Waals surface area (Å²) in [4.78, 5) is 12.4. The molecule has 0 aliphatic carbocycles. The molecule has 0 heterocycles. The number of para-hydroxylation sites is 1. The van der Waals surface area contributed by atoms with E-state index in [1.807, 2.05) is 25.1 Å². The minimum absolute atomic E-state index is 0.142. The third-order valence-electron chi connectivity index (χ3n) is 4.47. The van der Waals surface area contributed by atoms with Gasteiger partial charge in [0.15, 0.2) is 0 Å². The van der Waals surface area contributed by atoms with Crippen molar-refractivity contribution < 1.29 is 17.6 Å². The Hall–Kier alpha value is -2.41. The summed E-state index contributed by atoms with van der Waals surface area (Å²) in [6.45, 7) is 6.22. The minimum atomic E-state index is -3.53. The first-order valence-electron chi connectivity index (χ1n) is 9.22. The molecule has 152 valence electrons. The predicted octanol–water partition coefficient (Wildman–Crippen LogP) is 4.44. The van der Waals surface area contributed by atoms with E-state index in [2.05, 4.69) is 19.2 Å². The van der Waals surface area contributed by atoms with Crippen LogP contribution in [0, 0.1) is 12.7 Å². The highest BCUT2D eigenvalue weighted by Gasteiger charge is 2.18. The van der Waals surface area contributed by atoms with Crippen LogP contribution < -0.4 is 9.62 Å². The van der Waals surface area contributed by atoms with Gasteiger partial charge in [-0.3, -0.25) is 9.10 Å². The minimum Gasteiger partial charge on any atom is -0.326 e. The lowest BCUT2D eigenvalue weighted by atomic mass is 9.98. The topological polar surface area (TPSA) is 66.5 Å². The summed E-state index contributed by atoms with van der Waals surface area (Å²) < 4.78 is 38.5. The van der Waals surface area contributed by atoms with Gasteiger partial charge in [0, 0.05) is 18.7 Å². The number of carbonyl (C=O) groups is 1. The molecule has 2 aromatic carbocycles. The van der Waals surface area contributed by atoms with Crippen LogP contribution in [0.15, 0.2) is 42.5 Å². The molecule has 28 heavy (non-hydrogen) atoms. The van der Waals surface area contributed by atoms with E-state index in [-0.39, 0.29) is 24.8 Å². The molecule has 0 atom stereocenters. The zero-order chi connectivity index (χ0) is 20.9. The van der Waals surface area contributed by atoms with Crippen LogP contribution in [-0.4, -0.2) is 27.1 Å². The van der Waals surface area contributed by atoms with Crippen molar-refractivity contribution in [1.82, 2.24) is 0 Å². The maximum atomic E-state index is 13.1. The van der Waals surface area contributed by atoms with Crippen molar-refractivity contribution in [3.63, 3.8) is 0 Å². The van der Waals surface area contributed by atoms with Gasteiger partial charge < -0.3 is 5.32 Å². The molecule has 1 amide bonds. The first-order chi connectivity index (χ1) is 13.1. The lowest BCUT2D eigenvalue weighted by Gasteiger charge is -2.22. The maximum absolute atomic E-state index is 13.1. The van der Waals surface area contributed by atoms with Crippen molar-refractivity contribution in [1.29, 1.82) is 0 Å². The van der Waals surface area contributed by atoms with E-state index in [4.69, 9.17) is 0 Å². The number of rotatable bonds is 8. The number of carbonyl (C=O) groups excluding carboxylic acids is 1. The number of amides is 1. The number of hydrogen-bond acceptors (Lipinski definition) is 3. The van der Waals surface area contributed by atoms with Gasteiger partial charge in [-0.2, -0.15) is 0 Å². The second-order valence-electron chi connectivity index (χ2n) is 7.16. The molecule has 0 saturated heterocycles. The van der Waals surface area contributed by atoms with Crippen LogP contribution in [-0.2, 0) is 14.8 Å². The summed E-state index contributed by atoms with van der Waals surface area (Å²) in [5.74, 6) is -0.325. The van der Waals surface area contributed by atoms with E-state index < -0.39 is 15.8 Å². The molecular weight excluding hydrogens is 379 g/mol. The van der Waals surface area contributed by atoms with Gasteiger partial charge in [-0.1, -0.05) is 32.0 Å². The zero-order valence-electron chi connectivity index (χ0n) is 16.7. The summed E-state index contributed by atoms with van der Waals surface area (Å²) >= 11 is 0. The van der Waals surface area contributed by atoms with Crippen LogP contribution in [0.2, 0.25) is 0 Å². The third-order valence-corrected chi connectivity index (χ3v) is 5.67. The number of aryl methyl sites for hydroxylation is 1. The van der Waals surface area contributed by atoms with Gasteiger partial charge in [0.2, 0.25) is 15.9 Å². The largest absolute Gasteiger partial charge is 0.326 e. The fourth-order valence-corrected chi connectivity index (χ4v) is 3.99. The summed E-state index contributed by atoms with van der Waals surface area (Å²) in [6, 6.07) is 11.2. The van der Waals surface area contributed by atoms with E-state index in [1.165, 1.54) is 28.6 Å². The Balaban J connectivity index is 2.03. The smallest absolute Gasteiger partial charge is 0.232 e. The number of hydrogen-bond donors (Lipinski definition) is 1. The van der Waals surface area contributed by atoms with Crippen molar-refractivity contribution in [2.75, 3.05) is 22.4 Å².